The molecule has 1 atom stereocenters. The molecule has 0 saturated carbocycles. The largest absolute Gasteiger partial charge is 0.351 e. The summed E-state index contributed by atoms with van der Waals surface area (Å²) in [7, 11) is 1.57. The van der Waals surface area contributed by atoms with Crippen LogP contribution in [-0.4, -0.2) is 35.5 Å². The SMILES string of the molecule is [C-]#[N+]NC(=NC)NCCCC1(c2ccccc2)SC(c2cc(F)ccc2F)=NN1C(=O)C(C)(C)C. The highest BCUT2D eigenvalue weighted by molar-refractivity contribution is 8.15. The third kappa shape index (κ3) is 5.80. The zero-order chi connectivity index (χ0) is 25.6. The molecule has 2 aromatic rings. The molecule has 3 rings (SSSR count). The first-order chi connectivity index (χ1) is 16.6. The third-order valence-electron chi connectivity index (χ3n) is 5.39. The van der Waals surface area contributed by atoms with Gasteiger partial charge >= 0.3 is 0 Å². The number of nitrogens with zero attached hydrogens (tertiary/aromatic N) is 4. The molecule has 0 radical (unpaired) electrons. The Morgan fingerprint density at radius 2 is 1.94 bits per heavy atom. The molecule has 2 aromatic carbocycles. The van der Waals surface area contributed by atoms with Crippen molar-refractivity contribution >= 4 is 28.7 Å². The molecule has 1 aliphatic rings. The predicted octanol–water partition coefficient (Wildman–Crippen LogP) is 4.88. The molecule has 1 unspecified atom stereocenters. The third-order valence-corrected chi connectivity index (χ3v) is 6.83. The molecule has 0 fully saturated rings. The molecule has 1 amide bonds. The minimum atomic E-state index is -0.974. The van der Waals surface area contributed by atoms with Gasteiger partial charge < -0.3 is 5.32 Å². The lowest BCUT2D eigenvalue weighted by Crippen LogP contribution is -2.46. The minimum Gasteiger partial charge on any atom is -0.351 e. The monoisotopic (exact) mass is 498 g/mol. The maximum Gasteiger partial charge on any atom is 0.262 e. The maximum absolute atomic E-state index is 14.7. The number of halogens is 2. The molecular formula is C25H28F2N6OS. The Balaban J connectivity index is 2.03. The Labute approximate surface area is 208 Å². The van der Waals surface area contributed by atoms with E-state index in [0.717, 1.165) is 23.8 Å². The van der Waals surface area contributed by atoms with E-state index in [1.165, 1.54) is 16.8 Å². The summed E-state index contributed by atoms with van der Waals surface area (Å²) in [6, 6.07) is 12.7. The Kier molecular flexibility index (Phi) is 8.12. The van der Waals surface area contributed by atoms with Gasteiger partial charge in [0.1, 0.15) is 21.5 Å². The molecular weight excluding hydrogens is 470 g/mol. The van der Waals surface area contributed by atoms with Crippen LogP contribution in [0.1, 0.15) is 44.7 Å². The Bertz CT molecular complexity index is 1170. The van der Waals surface area contributed by atoms with Crippen molar-refractivity contribution in [3.05, 3.63) is 82.8 Å². The highest BCUT2D eigenvalue weighted by Crippen LogP contribution is 2.51. The Morgan fingerprint density at radius 3 is 2.57 bits per heavy atom. The topological polar surface area (TPSA) is 73.5 Å². The van der Waals surface area contributed by atoms with Gasteiger partial charge in [-0.3, -0.25) is 9.79 Å². The van der Waals surface area contributed by atoms with E-state index < -0.39 is 21.9 Å². The summed E-state index contributed by atoms with van der Waals surface area (Å²) >= 11 is 1.24. The standard InChI is InChI=1S/C25H28F2N6OS/c1-24(2,3)22(34)33-25(17-10-7-6-8-11-17,14-9-15-30-23(28-4)31-29-5)35-21(32-33)19-16-18(26)12-13-20(19)27/h6-8,10-13,16H,9,14-15H2,1-4H3,(H2,28,30,31). The zero-order valence-electron chi connectivity index (χ0n) is 20.1. The molecule has 0 saturated heterocycles. The van der Waals surface area contributed by atoms with Gasteiger partial charge in [-0.1, -0.05) is 68.3 Å². The summed E-state index contributed by atoms with van der Waals surface area (Å²) < 4.78 is 28.8. The van der Waals surface area contributed by atoms with E-state index in [9.17, 15) is 13.6 Å². The second kappa shape index (κ2) is 10.9. The van der Waals surface area contributed by atoms with Crippen LogP contribution in [0.5, 0.6) is 0 Å². The smallest absolute Gasteiger partial charge is 0.262 e. The van der Waals surface area contributed by atoms with Gasteiger partial charge in [0.2, 0.25) is 5.91 Å². The van der Waals surface area contributed by atoms with E-state index in [1.54, 1.807) is 27.8 Å². The number of nitrogens with one attached hydrogen (secondary N) is 2. The Hall–Kier alpha value is -3.45. The molecule has 0 aliphatic carbocycles. The number of aliphatic imine (C=N–C) groups is 1. The van der Waals surface area contributed by atoms with Gasteiger partial charge in [-0.25, -0.2) is 13.8 Å². The van der Waals surface area contributed by atoms with Gasteiger partial charge in [0.15, 0.2) is 0 Å². The van der Waals surface area contributed by atoms with Crippen LogP contribution < -0.4 is 10.7 Å². The summed E-state index contributed by atoms with van der Waals surface area (Å²) in [6.45, 7) is 12.8. The van der Waals surface area contributed by atoms with Gasteiger partial charge in [-0.15, -0.1) is 0 Å². The van der Waals surface area contributed by atoms with Gasteiger partial charge in [-0.05, 0) is 36.6 Å². The number of carbonyl (C=O) groups excluding carboxylic acids is 1. The normalized spacial score (nSPS) is 18.1. The van der Waals surface area contributed by atoms with Gasteiger partial charge in [0.25, 0.3) is 5.96 Å². The van der Waals surface area contributed by atoms with Crippen molar-refractivity contribution in [2.75, 3.05) is 13.6 Å². The van der Waals surface area contributed by atoms with Crippen LogP contribution in [0.2, 0.25) is 0 Å². The van der Waals surface area contributed by atoms with E-state index in [-0.39, 0.29) is 16.5 Å². The number of carbonyl (C=O) groups is 1. The maximum atomic E-state index is 14.7. The predicted molar refractivity (Wildman–Crippen MR) is 135 cm³/mol. The van der Waals surface area contributed by atoms with Crippen LogP contribution in [-0.2, 0) is 9.67 Å². The lowest BCUT2D eigenvalue weighted by Gasteiger charge is -2.38. The van der Waals surface area contributed by atoms with Crippen molar-refractivity contribution in [3.63, 3.8) is 0 Å². The summed E-state index contributed by atoms with van der Waals surface area (Å²) in [6.07, 6.45) is 1.03. The quantitative estimate of drug-likeness (QED) is 0.196. The fourth-order valence-electron chi connectivity index (χ4n) is 3.63. The number of hydrazone groups is 1. The van der Waals surface area contributed by atoms with Crippen molar-refractivity contribution < 1.29 is 13.6 Å². The van der Waals surface area contributed by atoms with E-state index in [2.05, 4.69) is 25.8 Å². The van der Waals surface area contributed by atoms with Gasteiger partial charge in [0.05, 0.1) is 0 Å². The molecule has 35 heavy (non-hydrogen) atoms. The van der Waals surface area contributed by atoms with Crippen LogP contribution >= 0.6 is 11.8 Å². The molecule has 184 valence electrons. The first kappa shape index (κ1) is 26.2. The summed E-state index contributed by atoms with van der Waals surface area (Å²) in [4.78, 5) is 19.7. The number of hydrogen-bond donors (Lipinski definition) is 2. The minimum absolute atomic E-state index is 0.0132. The van der Waals surface area contributed by atoms with Gasteiger partial charge in [0, 0.05) is 24.6 Å². The first-order valence-electron chi connectivity index (χ1n) is 11.1. The molecule has 0 bridgehead atoms. The Morgan fingerprint density at radius 1 is 1.23 bits per heavy atom. The summed E-state index contributed by atoms with van der Waals surface area (Å²) in [5.41, 5.74) is 2.52. The van der Waals surface area contributed by atoms with Crippen molar-refractivity contribution in [1.29, 1.82) is 0 Å². The molecule has 1 aliphatic heterocycles. The fraction of sp³-hybridized carbons (Fsp3) is 0.360. The highest BCUT2D eigenvalue weighted by Gasteiger charge is 2.50. The zero-order valence-corrected chi connectivity index (χ0v) is 20.9. The molecule has 10 heteroatoms. The second-order valence-corrected chi connectivity index (χ2v) is 10.2. The number of thioether (sulfide) groups is 1. The number of amides is 1. The van der Waals surface area contributed by atoms with Crippen molar-refractivity contribution in [2.45, 2.75) is 38.5 Å². The number of rotatable bonds is 6. The molecule has 1 heterocycles. The van der Waals surface area contributed by atoms with Crippen molar-refractivity contribution in [2.24, 2.45) is 15.5 Å². The average molecular weight is 499 g/mol. The van der Waals surface area contributed by atoms with Crippen LogP contribution in [0.25, 0.3) is 4.95 Å². The first-order valence-corrected chi connectivity index (χ1v) is 11.9. The van der Waals surface area contributed by atoms with Crippen LogP contribution in [0.3, 0.4) is 0 Å². The molecule has 7 nitrogen and oxygen atoms in total. The van der Waals surface area contributed by atoms with E-state index in [0.29, 0.717) is 25.3 Å². The van der Waals surface area contributed by atoms with Crippen LogP contribution in [0.15, 0.2) is 58.6 Å². The summed E-state index contributed by atoms with van der Waals surface area (Å²) in [5, 5.41) is 9.31. The van der Waals surface area contributed by atoms with Crippen LogP contribution in [0.4, 0.5) is 8.78 Å². The lowest BCUT2D eigenvalue weighted by atomic mass is 9.92. The van der Waals surface area contributed by atoms with E-state index in [1.807, 2.05) is 30.3 Å². The number of guanidine groups is 1. The lowest BCUT2D eigenvalue weighted by molar-refractivity contribution is -0.143. The fourth-order valence-corrected chi connectivity index (χ4v) is 5.05. The van der Waals surface area contributed by atoms with Crippen LogP contribution in [0, 0.1) is 23.6 Å². The average Bonchev–Trinajstić information content (AvgIpc) is 3.22. The second-order valence-electron chi connectivity index (χ2n) is 8.97. The number of hydrogen-bond acceptors (Lipinski definition) is 4. The highest BCUT2D eigenvalue weighted by atomic mass is 32.2. The molecule has 0 aromatic heterocycles. The van der Waals surface area contributed by atoms with Gasteiger partial charge in [-0.2, -0.15) is 16.6 Å². The number of benzene rings is 2. The molecule has 2 N–H and O–H groups in total. The van der Waals surface area contributed by atoms with Crippen molar-refractivity contribution in [3.8, 4) is 0 Å². The van der Waals surface area contributed by atoms with Crippen molar-refractivity contribution in [1.82, 2.24) is 15.8 Å². The molecule has 0 spiro atoms. The van der Waals surface area contributed by atoms with E-state index >= 15 is 0 Å². The summed E-state index contributed by atoms with van der Waals surface area (Å²) in [5.74, 6) is -1.09. The van der Waals surface area contributed by atoms with E-state index in [4.69, 9.17) is 6.57 Å².